The Hall–Kier alpha value is -2.22. The van der Waals surface area contributed by atoms with Gasteiger partial charge in [0.1, 0.15) is 0 Å². The molecule has 0 atom stereocenters. The normalized spacial score (nSPS) is 14.7. The second-order valence-electron chi connectivity index (χ2n) is 6.78. The van der Waals surface area contributed by atoms with Crippen LogP contribution < -0.4 is 5.32 Å². The lowest BCUT2D eigenvalue weighted by Gasteiger charge is -2.31. The number of nitrogens with zero attached hydrogens (tertiary/aromatic N) is 4. The highest BCUT2D eigenvalue weighted by atomic mass is 35.5. The quantitative estimate of drug-likeness (QED) is 0.690. The Morgan fingerprint density at radius 2 is 1.93 bits per heavy atom. The highest BCUT2D eigenvalue weighted by molar-refractivity contribution is 7.13. The Morgan fingerprint density at radius 3 is 2.57 bits per heavy atom. The molecule has 3 aromatic rings. The standard InChI is InChI=1S/C20H23N5OS.ClH/c1-21-14-15-9-11-24(12-10-15)20(26)18-22-19(17-8-5-13-27-17)25(23-18)16-6-3-2-4-7-16;/h2-8,13,15,21H,9-12,14H2,1H3;1H. The molecule has 0 aliphatic carbocycles. The fourth-order valence-corrected chi connectivity index (χ4v) is 4.19. The fourth-order valence-electron chi connectivity index (χ4n) is 3.49. The van der Waals surface area contributed by atoms with Crippen LogP contribution in [-0.4, -0.2) is 52.3 Å². The molecule has 1 aliphatic rings. The number of aromatic nitrogens is 3. The lowest BCUT2D eigenvalue weighted by atomic mass is 9.97. The number of benzene rings is 1. The van der Waals surface area contributed by atoms with Crippen LogP contribution in [0, 0.1) is 5.92 Å². The summed E-state index contributed by atoms with van der Waals surface area (Å²) in [6, 6.07) is 13.8. The predicted octanol–water partition coefficient (Wildman–Crippen LogP) is 3.49. The van der Waals surface area contributed by atoms with Gasteiger partial charge in [-0.3, -0.25) is 4.79 Å². The maximum absolute atomic E-state index is 13.0. The molecule has 6 nitrogen and oxygen atoms in total. The van der Waals surface area contributed by atoms with Crippen LogP contribution in [0.15, 0.2) is 47.8 Å². The lowest BCUT2D eigenvalue weighted by Crippen LogP contribution is -2.40. The molecule has 0 unspecified atom stereocenters. The molecule has 1 N–H and O–H groups in total. The fraction of sp³-hybridized carbons (Fsp3) is 0.350. The maximum atomic E-state index is 13.0. The van der Waals surface area contributed by atoms with Crippen LogP contribution in [0.25, 0.3) is 16.4 Å². The first-order chi connectivity index (χ1) is 13.3. The van der Waals surface area contributed by atoms with E-state index in [1.165, 1.54) is 0 Å². The molecule has 0 bridgehead atoms. The zero-order valence-electron chi connectivity index (χ0n) is 15.7. The molecule has 0 saturated carbocycles. The first kappa shape index (κ1) is 20.5. The largest absolute Gasteiger partial charge is 0.336 e. The summed E-state index contributed by atoms with van der Waals surface area (Å²) in [5, 5.41) is 9.81. The molecule has 148 valence electrons. The van der Waals surface area contributed by atoms with Gasteiger partial charge in [0, 0.05) is 13.1 Å². The van der Waals surface area contributed by atoms with Gasteiger partial charge >= 0.3 is 0 Å². The molecule has 1 saturated heterocycles. The first-order valence-electron chi connectivity index (χ1n) is 9.26. The molecule has 2 aromatic heterocycles. The van der Waals surface area contributed by atoms with E-state index in [1.54, 1.807) is 16.0 Å². The van der Waals surface area contributed by atoms with E-state index >= 15 is 0 Å². The molecule has 1 aliphatic heterocycles. The van der Waals surface area contributed by atoms with E-state index < -0.39 is 0 Å². The summed E-state index contributed by atoms with van der Waals surface area (Å²) in [5.41, 5.74) is 0.903. The zero-order chi connectivity index (χ0) is 18.6. The Bertz CT molecular complexity index is 889. The highest BCUT2D eigenvalue weighted by Gasteiger charge is 2.27. The van der Waals surface area contributed by atoms with Crippen molar-refractivity contribution in [3.63, 3.8) is 0 Å². The second kappa shape index (κ2) is 9.32. The number of hydrogen-bond donors (Lipinski definition) is 1. The third-order valence-corrected chi connectivity index (χ3v) is 5.80. The van der Waals surface area contributed by atoms with Gasteiger partial charge in [-0.15, -0.1) is 28.8 Å². The summed E-state index contributed by atoms with van der Waals surface area (Å²) in [6.07, 6.45) is 2.04. The van der Waals surface area contributed by atoms with E-state index in [1.807, 2.05) is 59.8 Å². The molecule has 1 fully saturated rings. The highest BCUT2D eigenvalue weighted by Crippen LogP contribution is 2.26. The van der Waals surface area contributed by atoms with Crippen molar-refractivity contribution in [2.45, 2.75) is 12.8 Å². The molecule has 28 heavy (non-hydrogen) atoms. The van der Waals surface area contributed by atoms with Gasteiger partial charge in [-0.1, -0.05) is 24.3 Å². The number of nitrogens with one attached hydrogen (secondary N) is 1. The van der Waals surface area contributed by atoms with Crippen LogP contribution in [0.3, 0.4) is 0 Å². The van der Waals surface area contributed by atoms with Crippen molar-refractivity contribution in [1.82, 2.24) is 25.0 Å². The van der Waals surface area contributed by atoms with Gasteiger partial charge in [-0.25, -0.2) is 9.67 Å². The van der Waals surface area contributed by atoms with Crippen molar-refractivity contribution in [3.8, 4) is 16.4 Å². The number of likely N-dealkylation sites (tertiary alicyclic amines) is 1. The Balaban J connectivity index is 0.00000225. The SMILES string of the molecule is CNCC1CCN(C(=O)c2nc(-c3cccs3)n(-c3ccccc3)n2)CC1.Cl. The third kappa shape index (κ3) is 4.27. The summed E-state index contributed by atoms with van der Waals surface area (Å²) < 4.78 is 1.77. The molecular formula is C20H24ClN5OS. The third-order valence-electron chi connectivity index (χ3n) is 4.94. The summed E-state index contributed by atoms with van der Waals surface area (Å²) in [6.45, 7) is 2.53. The van der Waals surface area contributed by atoms with Crippen LogP contribution in [0.4, 0.5) is 0 Å². The minimum atomic E-state index is -0.0783. The molecule has 1 aromatic carbocycles. The van der Waals surface area contributed by atoms with Gasteiger partial charge in [0.25, 0.3) is 5.91 Å². The van der Waals surface area contributed by atoms with Gasteiger partial charge in [-0.2, -0.15) is 0 Å². The van der Waals surface area contributed by atoms with Crippen molar-refractivity contribution in [1.29, 1.82) is 0 Å². The minimum Gasteiger partial charge on any atom is -0.336 e. The average molecular weight is 418 g/mol. The number of halogens is 1. The van der Waals surface area contributed by atoms with Gasteiger partial charge in [0.15, 0.2) is 5.82 Å². The molecule has 1 amide bonds. The maximum Gasteiger partial charge on any atom is 0.293 e. The van der Waals surface area contributed by atoms with Gasteiger partial charge < -0.3 is 10.2 Å². The Kier molecular flexibility index (Phi) is 6.83. The number of carbonyl (C=O) groups is 1. The molecule has 0 spiro atoms. The van der Waals surface area contributed by atoms with Crippen LogP contribution >= 0.6 is 23.7 Å². The average Bonchev–Trinajstić information content (AvgIpc) is 3.39. The van der Waals surface area contributed by atoms with E-state index in [0.717, 1.165) is 43.0 Å². The number of amides is 1. The van der Waals surface area contributed by atoms with E-state index in [-0.39, 0.29) is 24.1 Å². The van der Waals surface area contributed by atoms with Gasteiger partial charge in [0.2, 0.25) is 5.82 Å². The Labute approximate surface area is 175 Å². The van der Waals surface area contributed by atoms with Crippen molar-refractivity contribution in [2.75, 3.05) is 26.7 Å². The van der Waals surface area contributed by atoms with Gasteiger partial charge in [-0.05, 0) is 55.9 Å². The predicted molar refractivity (Wildman–Crippen MR) is 114 cm³/mol. The van der Waals surface area contributed by atoms with Crippen molar-refractivity contribution < 1.29 is 4.79 Å². The summed E-state index contributed by atoms with van der Waals surface area (Å²) >= 11 is 1.60. The molecule has 3 heterocycles. The molecule has 0 radical (unpaired) electrons. The van der Waals surface area contributed by atoms with E-state index in [9.17, 15) is 4.79 Å². The number of rotatable bonds is 5. The van der Waals surface area contributed by atoms with Crippen LogP contribution in [0.2, 0.25) is 0 Å². The number of thiophene rings is 1. The van der Waals surface area contributed by atoms with Crippen LogP contribution in [0.5, 0.6) is 0 Å². The van der Waals surface area contributed by atoms with Gasteiger partial charge in [0.05, 0.1) is 10.6 Å². The summed E-state index contributed by atoms with van der Waals surface area (Å²) in [5.74, 6) is 1.54. The van der Waals surface area contributed by atoms with Crippen LogP contribution in [-0.2, 0) is 0 Å². The summed E-state index contributed by atoms with van der Waals surface area (Å²) in [4.78, 5) is 20.5. The molecular weight excluding hydrogens is 394 g/mol. The first-order valence-corrected chi connectivity index (χ1v) is 10.1. The minimum absolute atomic E-state index is 0. The Morgan fingerprint density at radius 1 is 1.18 bits per heavy atom. The number of carbonyl (C=O) groups excluding carboxylic acids is 1. The number of para-hydroxylation sites is 1. The molecule has 8 heteroatoms. The monoisotopic (exact) mass is 417 g/mol. The van der Waals surface area contributed by atoms with Crippen LogP contribution in [0.1, 0.15) is 23.5 Å². The topological polar surface area (TPSA) is 63.1 Å². The summed E-state index contributed by atoms with van der Waals surface area (Å²) in [7, 11) is 1.98. The van der Waals surface area contributed by atoms with Crippen molar-refractivity contribution >= 4 is 29.7 Å². The van der Waals surface area contributed by atoms with E-state index in [2.05, 4.69) is 15.4 Å². The van der Waals surface area contributed by atoms with Crippen molar-refractivity contribution in [2.24, 2.45) is 5.92 Å². The molecule has 4 rings (SSSR count). The second-order valence-corrected chi connectivity index (χ2v) is 7.72. The van der Waals surface area contributed by atoms with Crippen molar-refractivity contribution in [3.05, 3.63) is 53.7 Å². The number of piperidine rings is 1. The zero-order valence-corrected chi connectivity index (χ0v) is 17.4. The van der Waals surface area contributed by atoms with E-state index in [4.69, 9.17) is 0 Å². The lowest BCUT2D eigenvalue weighted by molar-refractivity contribution is 0.0678. The number of hydrogen-bond acceptors (Lipinski definition) is 5. The smallest absolute Gasteiger partial charge is 0.293 e. The van der Waals surface area contributed by atoms with E-state index in [0.29, 0.717) is 11.7 Å².